The van der Waals surface area contributed by atoms with E-state index in [9.17, 15) is 9.59 Å². The number of hydrogen-bond acceptors (Lipinski definition) is 5. The summed E-state index contributed by atoms with van der Waals surface area (Å²) in [5, 5.41) is 2.97. The molecule has 0 aliphatic carbocycles. The third kappa shape index (κ3) is 4.35. The fraction of sp³-hybridized carbons (Fsp3) is 0.231. The monoisotopic (exact) mass is 446 g/mol. The molecule has 1 aliphatic heterocycles. The lowest BCUT2D eigenvalue weighted by Gasteiger charge is -2.25. The Bertz CT molecular complexity index is 1140. The molecule has 1 N–H and O–H groups in total. The van der Waals surface area contributed by atoms with Crippen LogP contribution >= 0.6 is 0 Å². The number of rotatable bonds is 7. The molecule has 7 nitrogen and oxygen atoms in total. The van der Waals surface area contributed by atoms with Crippen LogP contribution in [0.4, 0.5) is 5.69 Å². The molecule has 0 unspecified atom stereocenters. The van der Waals surface area contributed by atoms with E-state index in [0.717, 1.165) is 16.8 Å². The van der Waals surface area contributed by atoms with Crippen molar-refractivity contribution in [3.05, 3.63) is 83.4 Å². The van der Waals surface area contributed by atoms with Crippen molar-refractivity contribution in [2.75, 3.05) is 26.2 Å². The van der Waals surface area contributed by atoms with Gasteiger partial charge >= 0.3 is 0 Å². The van der Waals surface area contributed by atoms with Crippen LogP contribution in [0.5, 0.6) is 17.2 Å². The van der Waals surface area contributed by atoms with Crippen LogP contribution in [-0.2, 0) is 17.8 Å². The first-order valence-electron chi connectivity index (χ1n) is 10.6. The van der Waals surface area contributed by atoms with Crippen LogP contribution < -0.4 is 24.4 Å². The fourth-order valence-electron chi connectivity index (χ4n) is 4.11. The molecule has 1 aliphatic rings. The lowest BCUT2D eigenvalue weighted by atomic mass is 10.1. The van der Waals surface area contributed by atoms with Crippen molar-refractivity contribution in [1.82, 2.24) is 5.32 Å². The molecule has 0 aromatic heterocycles. The Labute approximate surface area is 192 Å². The van der Waals surface area contributed by atoms with Crippen LogP contribution in [0.3, 0.4) is 0 Å². The molecule has 3 aromatic carbocycles. The van der Waals surface area contributed by atoms with E-state index in [1.165, 1.54) is 7.11 Å². The number of amides is 2. The van der Waals surface area contributed by atoms with Gasteiger partial charge < -0.3 is 19.5 Å². The minimum atomic E-state index is -0.642. The molecule has 0 bridgehead atoms. The van der Waals surface area contributed by atoms with E-state index < -0.39 is 6.04 Å². The first-order chi connectivity index (χ1) is 16.1. The lowest BCUT2D eigenvalue weighted by Crippen LogP contribution is -2.48. The molecular formula is C26H26N2O5. The van der Waals surface area contributed by atoms with E-state index in [-0.39, 0.29) is 18.4 Å². The Morgan fingerprint density at radius 1 is 0.909 bits per heavy atom. The zero-order valence-corrected chi connectivity index (χ0v) is 18.8. The zero-order chi connectivity index (χ0) is 23.4. The van der Waals surface area contributed by atoms with Crippen molar-refractivity contribution in [3.63, 3.8) is 0 Å². The van der Waals surface area contributed by atoms with Crippen molar-refractivity contribution in [2.45, 2.75) is 19.0 Å². The molecule has 2 amide bonds. The van der Waals surface area contributed by atoms with Gasteiger partial charge in [0.1, 0.15) is 6.04 Å². The SMILES string of the molecule is COc1cc(CNC(=O)[C@@H]2Cc3ccccc3N2C(=O)c2ccccc2)cc(OC)c1OC. The molecule has 4 rings (SSSR count). The average molecular weight is 447 g/mol. The van der Waals surface area contributed by atoms with Gasteiger partial charge in [0.15, 0.2) is 11.5 Å². The molecule has 0 spiro atoms. The van der Waals surface area contributed by atoms with Crippen molar-refractivity contribution in [3.8, 4) is 17.2 Å². The number of ether oxygens (including phenoxy) is 3. The van der Waals surface area contributed by atoms with Crippen molar-refractivity contribution in [1.29, 1.82) is 0 Å². The lowest BCUT2D eigenvalue weighted by molar-refractivity contribution is -0.122. The topological polar surface area (TPSA) is 77.1 Å². The van der Waals surface area contributed by atoms with E-state index in [4.69, 9.17) is 14.2 Å². The molecule has 33 heavy (non-hydrogen) atoms. The maximum atomic E-state index is 13.3. The Hall–Kier alpha value is -4.00. The number of para-hydroxylation sites is 1. The smallest absolute Gasteiger partial charge is 0.259 e. The molecule has 1 heterocycles. The highest BCUT2D eigenvalue weighted by molar-refractivity contribution is 6.11. The fourth-order valence-corrected chi connectivity index (χ4v) is 4.11. The van der Waals surface area contributed by atoms with Crippen molar-refractivity contribution < 1.29 is 23.8 Å². The van der Waals surface area contributed by atoms with Crippen LogP contribution in [0.2, 0.25) is 0 Å². The van der Waals surface area contributed by atoms with Gasteiger partial charge in [0.25, 0.3) is 5.91 Å². The highest BCUT2D eigenvalue weighted by atomic mass is 16.5. The summed E-state index contributed by atoms with van der Waals surface area (Å²) in [6.07, 6.45) is 0.454. The van der Waals surface area contributed by atoms with Gasteiger partial charge in [-0.3, -0.25) is 14.5 Å². The predicted octanol–water partition coefficient (Wildman–Crippen LogP) is 3.60. The van der Waals surface area contributed by atoms with Gasteiger partial charge in [0.05, 0.1) is 21.3 Å². The summed E-state index contributed by atoms with van der Waals surface area (Å²) in [6.45, 7) is 0.246. The maximum Gasteiger partial charge on any atom is 0.259 e. The molecular weight excluding hydrogens is 420 g/mol. The van der Waals surface area contributed by atoms with Gasteiger partial charge in [-0.1, -0.05) is 36.4 Å². The molecule has 170 valence electrons. The highest BCUT2D eigenvalue weighted by Gasteiger charge is 2.38. The number of fused-ring (bicyclic) bond motifs is 1. The number of carbonyl (C=O) groups excluding carboxylic acids is 2. The van der Waals surface area contributed by atoms with Gasteiger partial charge in [-0.2, -0.15) is 0 Å². The number of hydrogen-bond donors (Lipinski definition) is 1. The van der Waals surface area contributed by atoms with E-state index in [0.29, 0.717) is 29.2 Å². The Morgan fingerprint density at radius 2 is 1.55 bits per heavy atom. The summed E-state index contributed by atoms with van der Waals surface area (Å²) in [6, 6.07) is 19.6. The summed E-state index contributed by atoms with van der Waals surface area (Å²) in [7, 11) is 4.63. The zero-order valence-electron chi connectivity index (χ0n) is 18.8. The Balaban J connectivity index is 1.57. The molecule has 0 radical (unpaired) electrons. The standard InChI is InChI=1S/C26H26N2O5/c1-31-22-13-17(14-23(32-2)24(22)33-3)16-27-25(29)21-15-19-11-7-8-12-20(19)28(21)26(30)18-9-5-4-6-10-18/h4-14,21H,15-16H2,1-3H3,(H,27,29)/t21-/m0/s1. The second-order valence-corrected chi connectivity index (χ2v) is 7.64. The maximum absolute atomic E-state index is 13.3. The van der Waals surface area contributed by atoms with Crippen LogP contribution in [0.15, 0.2) is 66.7 Å². The summed E-state index contributed by atoms with van der Waals surface area (Å²) < 4.78 is 16.1. The number of benzene rings is 3. The van der Waals surface area contributed by atoms with Crippen LogP contribution in [0.1, 0.15) is 21.5 Å². The average Bonchev–Trinajstić information content (AvgIpc) is 3.26. The molecule has 0 fully saturated rings. The molecule has 0 saturated heterocycles. The second-order valence-electron chi connectivity index (χ2n) is 7.64. The van der Waals surface area contributed by atoms with E-state index >= 15 is 0 Å². The highest BCUT2D eigenvalue weighted by Crippen LogP contribution is 2.38. The third-order valence-corrected chi connectivity index (χ3v) is 5.71. The van der Waals surface area contributed by atoms with Crippen molar-refractivity contribution >= 4 is 17.5 Å². The molecule has 7 heteroatoms. The van der Waals surface area contributed by atoms with Gasteiger partial charge in [0.2, 0.25) is 11.7 Å². The first kappa shape index (κ1) is 22.2. The minimum absolute atomic E-state index is 0.200. The minimum Gasteiger partial charge on any atom is -0.493 e. The molecule has 0 saturated carbocycles. The summed E-state index contributed by atoms with van der Waals surface area (Å²) in [5.74, 6) is 1.07. The quantitative estimate of drug-likeness (QED) is 0.600. The molecule has 1 atom stereocenters. The Morgan fingerprint density at radius 3 is 2.18 bits per heavy atom. The largest absolute Gasteiger partial charge is 0.493 e. The van der Waals surface area contributed by atoms with Crippen LogP contribution in [-0.4, -0.2) is 39.2 Å². The van der Waals surface area contributed by atoms with Gasteiger partial charge in [0, 0.05) is 24.2 Å². The second kappa shape index (κ2) is 9.65. The molecule has 3 aromatic rings. The van der Waals surface area contributed by atoms with Gasteiger partial charge in [-0.05, 0) is 41.5 Å². The number of nitrogens with one attached hydrogen (secondary N) is 1. The van der Waals surface area contributed by atoms with E-state index in [1.807, 2.05) is 42.5 Å². The summed E-state index contributed by atoms with van der Waals surface area (Å²) in [4.78, 5) is 28.2. The number of methoxy groups -OCH3 is 3. The predicted molar refractivity (Wildman–Crippen MR) is 125 cm³/mol. The van der Waals surface area contributed by atoms with E-state index in [2.05, 4.69) is 5.32 Å². The van der Waals surface area contributed by atoms with Gasteiger partial charge in [-0.25, -0.2) is 0 Å². The first-order valence-corrected chi connectivity index (χ1v) is 10.6. The van der Waals surface area contributed by atoms with Crippen LogP contribution in [0.25, 0.3) is 0 Å². The summed E-state index contributed by atoms with van der Waals surface area (Å²) >= 11 is 0. The third-order valence-electron chi connectivity index (χ3n) is 5.71. The number of nitrogens with zero attached hydrogens (tertiary/aromatic N) is 1. The normalized spacial score (nSPS) is 14.4. The Kier molecular flexibility index (Phi) is 6.49. The summed E-state index contributed by atoms with van der Waals surface area (Å²) in [5.41, 5.74) is 3.06. The van der Waals surface area contributed by atoms with E-state index in [1.54, 1.807) is 43.4 Å². The van der Waals surface area contributed by atoms with Crippen LogP contribution in [0, 0.1) is 0 Å². The van der Waals surface area contributed by atoms with Gasteiger partial charge in [-0.15, -0.1) is 0 Å². The van der Waals surface area contributed by atoms with Crippen molar-refractivity contribution in [2.24, 2.45) is 0 Å². The number of carbonyl (C=O) groups is 2. The number of anilines is 1.